The van der Waals surface area contributed by atoms with Crippen molar-refractivity contribution in [1.29, 1.82) is 0 Å². The van der Waals surface area contributed by atoms with E-state index in [-0.39, 0.29) is 0 Å². The highest BCUT2D eigenvalue weighted by Gasteiger charge is 2.19. The van der Waals surface area contributed by atoms with Gasteiger partial charge in [-0.05, 0) is 44.6 Å². The Morgan fingerprint density at radius 3 is 2.70 bits per heavy atom. The Hall–Kier alpha value is -1.05. The van der Waals surface area contributed by atoms with Gasteiger partial charge in [0.15, 0.2) is 10.6 Å². The van der Waals surface area contributed by atoms with Crippen molar-refractivity contribution in [2.24, 2.45) is 7.05 Å². The highest BCUT2D eigenvalue weighted by molar-refractivity contribution is 7.71. The average Bonchev–Trinajstić information content (AvgIpc) is 3.14. The van der Waals surface area contributed by atoms with Crippen molar-refractivity contribution < 1.29 is 0 Å². The van der Waals surface area contributed by atoms with Crippen LogP contribution in [0.4, 0.5) is 0 Å². The summed E-state index contributed by atoms with van der Waals surface area (Å²) in [6.45, 7) is 5.50. The third-order valence-corrected chi connectivity index (χ3v) is 5.16. The number of likely N-dealkylation sites (tertiary alicyclic amines) is 1. The molecule has 0 amide bonds. The first kappa shape index (κ1) is 13.9. The second-order valence-corrected chi connectivity index (χ2v) is 6.60. The molecular formula is C13H19N5S2. The van der Waals surface area contributed by atoms with E-state index in [2.05, 4.69) is 22.0 Å². The number of nitrogens with zero attached hydrogens (tertiary/aromatic N) is 4. The van der Waals surface area contributed by atoms with Crippen LogP contribution in [0.25, 0.3) is 10.7 Å². The van der Waals surface area contributed by atoms with Crippen LogP contribution in [-0.4, -0.2) is 37.7 Å². The van der Waals surface area contributed by atoms with Crippen molar-refractivity contribution in [2.75, 3.05) is 13.1 Å². The van der Waals surface area contributed by atoms with Crippen molar-refractivity contribution >= 4 is 23.6 Å². The zero-order valence-corrected chi connectivity index (χ0v) is 13.5. The lowest BCUT2D eigenvalue weighted by atomic mass is 10.3. The van der Waals surface area contributed by atoms with Gasteiger partial charge in [-0.15, -0.1) is 11.3 Å². The summed E-state index contributed by atoms with van der Waals surface area (Å²) in [5.74, 6) is 0.900. The topological polar surface area (TPSA) is 49.7 Å². The minimum Gasteiger partial charge on any atom is -0.303 e. The first-order chi connectivity index (χ1) is 9.69. The third kappa shape index (κ3) is 2.57. The standard InChI is InChI=1S/C13H19N5S2/c1-3-9-11(12-15-16-13(19)17(12)2)20-10(14-9)8-18-6-4-5-7-18/h3-8H2,1-2H3,(H,16,19). The fourth-order valence-electron chi connectivity index (χ4n) is 2.56. The van der Waals surface area contributed by atoms with Gasteiger partial charge < -0.3 is 4.57 Å². The lowest BCUT2D eigenvalue weighted by Gasteiger charge is -2.11. The number of hydrogen-bond donors (Lipinski definition) is 1. The first-order valence-electron chi connectivity index (χ1n) is 7.01. The molecule has 0 aliphatic carbocycles. The zero-order valence-electron chi connectivity index (χ0n) is 11.8. The van der Waals surface area contributed by atoms with E-state index in [0.29, 0.717) is 4.77 Å². The van der Waals surface area contributed by atoms with E-state index in [4.69, 9.17) is 17.2 Å². The Bertz CT molecular complexity index is 648. The molecule has 5 nitrogen and oxygen atoms in total. The molecule has 1 fully saturated rings. The highest BCUT2D eigenvalue weighted by Crippen LogP contribution is 2.30. The summed E-state index contributed by atoms with van der Waals surface area (Å²) in [6.07, 6.45) is 3.55. The summed E-state index contributed by atoms with van der Waals surface area (Å²) in [5, 5.41) is 8.38. The van der Waals surface area contributed by atoms with Gasteiger partial charge in [0.05, 0.1) is 17.1 Å². The van der Waals surface area contributed by atoms with E-state index < -0.39 is 0 Å². The minimum absolute atomic E-state index is 0.650. The molecule has 1 N–H and O–H groups in total. The lowest BCUT2D eigenvalue weighted by molar-refractivity contribution is 0.330. The quantitative estimate of drug-likeness (QED) is 0.882. The third-order valence-electron chi connectivity index (χ3n) is 3.72. The smallest absolute Gasteiger partial charge is 0.195 e. The number of H-pyrrole nitrogens is 1. The van der Waals surface area contributed by atoms with E-state index >= 15 is 0 Å². The second kappa shape index (κ2) is 5.75. The Balaban J connectivity index is 1.92. The first-order valence-corrected chi connectivity index (χ1v) is 8.24. The molecule has 7 heteroatoms. The molecule has 0 bridgehead atoms. The Kier molecular flexibility index (Phi) is 4.00. The molecule has 1 saturated heterocycles. The van der Waals surface area contributed by atoms with Gasteiger partial charge in [-0.2, -0.15) is 5.10 Å². The minimum atomic E-state index is 0.650. The molecule has 3 rings (SSSR count). The predicted molar refractivity (Wildman–Crippen MR) is 83.4 cm³/mol. The van der Waals surface area contributed by atoms with Crippen LogP contribution in [0.5, 0.6) is 0 Å². The highest BCUT2D eigenvalue weighted by atomic mass is 32.1. The molecule has 108 valence electrons. The number of aryl methyl sites for hydroxylation is 1. The molecule has 3 heterocycles. The maximum Gasteiger partial charge on any atom is 0.195 e. The summed E-state index contributed by atoms with van der Waals surface area (Å²) in [5.41, 5.74) is 1.13. The molecule has 0 atom stereocenters. The molecule has 0 unspecified atom stereocenters. The van der Waals surface area contributed by atoms with Gasteiger partial charge in [0.2, 0.25) is 0 Å². The average molecular weight is 309 g/mol. The molecule has 0 radical (unpaired) electrons. The van der Waals surface area contributed by atoms with Crippen molar-refractivity contribution in [3.8, 4) is 10.7 Å². The molecule has 0 aromatic carbocycles. The van der Waals surface area contributed by atoms with Crippen LogP contribution in [-0.2, 0) is 20.0 Å². The summed E-state index contributed by atoms with van der Waals surface area (Å²) in [4.78, 5) is 8.42. The van der Waals surface area contributed by atoms with E-state index in [1.165, 1.54) is 30.9 Å². The maximum atomic E-state index is 5.20. The predicted octanol–water partition coefficient (Wildman–Crippen LogP) is 2.76. The van der Waals surface area contributed by atoms with Gasteiger partial charge in [-0.1, -0.05) is 6.92 Å². The fourth-order valence-corrected chi connectivity index (χ4v) is 3.92. The number of aromatic amines is 1. The van der Waals surface area contributed by atoms with Gasteiger partial charge >= 0.3 is 0 Å². The van der Waals surface area contributed by atoms with E-state index in [0.717, 1.165) is 29.4 Å². The van der Waals surface area contributed by atoms with Crippen LogP contribution in [0, 0.1) is 4.77 Å². The summed E-state index contributed by atoms with van der Waals surface area (Å²) in [7, 11) is 1.94. The van der Waals surface area contributed by atoms with E-state index in [1.807, 2.05) is 11.6 Å². The summed E-state index contributed by atoms with van der Waals surface area (Å²) in [6, 6.07) is 0. The van der Waals surface area contributed by atoms with Crippen LogP contribution in [0.15, 0.2) is 0 Å². The van der Waals surface area contributed by atoms with Crippen molar-refractivity contribution in [2.45, 2.75) is 32.7 Å². The van der Waals surface area contributed by atoms with Gasteiger partial charge in [0.1, 0.15) is 5.01 Å². The molecule has 20 heavy (non-hydrogen) atoms. The van der Waals surface area contributed by atoms with Crippen molar-refractivity contribution in [3.05, 3.63) is 15.5 Å². The van der Waals surface area contributed by atoms with Crippen LogP contribution >= 0.6 is 23.6 Å². The second-order valence-electron chi connectivity index (χ2n) is 5.13. The summed E-state index contributed by atoms with van der Waals surface area (Å²) >= 11 is 6.95. The molecular weight excluding hydrogens is 290 g/mol. The Morgan fingerprint density at radius 2 is 2.10 bits per heavy atom. The van der Waals surface area contributed by atoms with E-state index in [9.17, 15) is 0 Å². The van der Waals surface area contributed by atoms with E-state index in [1.54, 1.807) is 11.3 Å². The van der Waals surface area contributed by atoms with Crippen molar-refractivity contribution in [1.82, 2.24) is 24.6 Å². The zero-order chi connectivity index (χ0) is 14.1. The Morgan fingerprint density at radius 1 is 1.35 bits per heavy atom. The van der Waals surface area contributed by atoms with Crippen LogP contribution < -0.4 is 0 Å². The normalized spacial score (nSPS) is 16.1. The number of rotatable bonds is 4. The lowest BCUT2D eigenvalue weighted by Crippen LogP contribution is -2.18. The number of nitrogens with one attached hydrogen (secondary N) is 1. The molecule has 1 aliphatic rings. The van der Waals surface area contributed by atoms with Gasteiger partial charge in [0.25, 0.3) is 0 Å². The largest absolute Gasteiger partial charge is 0.303 e. The number of aromatic nitrogens is 4. The number of thiazole rings is 1. The van der Waals surface area contributed by atoms with Gasteiger partial charge in [-0.3, -0.25) is 10.00 Å². The molecule has 0 saturated carbocycles. The van der Waals surface area contributed by atoms with Crippen molar-refractivity contribution in [3.63, 3.8) is 0 Å². The van der Waals surface area contributed by atoms with Gasteiger partial charge in [0, 0.05) is 7.05 Å². The monoisotopic (exact) mass is 309 g/mol. The summed E-state index contributed by atoms with van der Waals surface area (Å²) < 4.78 is 2.57. The SMILES string of the molecule is CCc1nc(CN2CCCC2)sc1-c1n[nH]c(=S)n1C. The van der Waals surface area contributed by atoms with Crippen LogP contribution in [0.2, 0.25) is 0 Å². The molecule has 2 aromatic rings. The van der Waals surface area contributed by atoms with Crippen LogP contribution in [0.3, 0.4) is 0 Å². The molecule has 2 aromatic heterocycles. The Labute approximate surface area is 127 Å². The maximum absolute atomic E-state index is 5.20. The molecule has 0 spiro atoms. The van der Waals surface area contributed by atoms with Crippen LogP contribution in [0.1, 0.15) is 30.5 Å². The fraction of sp³-hybridized carbons (Fsp3) is 0.615. The van der Waals surface area contributed by atoms with Gasteiger partial charge in [-0.25, -0.2) is 4.98 Å². The number of hydrogen-bond acceptors (Lipinski definition) is 5. The molecule has 1 aliphatic heterocycles.